The summed E-state index contributed by atoms with van der Waals surface area (Å²) < 4.78 is 12.5. The number of likely N-dealkylation sites (tertiary alicyclic amines) is 2. The summed E-state index contributed by atoms with van der Waals surface area (Å²) in [7, 11) is 0. The third-order valence-corrected chi connectivity index (χ3v) is 9.31. The molecule has 2 aliphatic heterocycles. The Morgan fingerprint density at radius 2 is 1.10 bits per heavy atom. The Morgan fingerprint density at radius 3 is 1.71 bits per heavy atom. The van der Waals surface area contributed by atoms with Gasteiger partial charge in [0.05, 0.1) is 0 Å². The third kappa shape index (κ3) is 7.65. The monoisotopic (exact) mass is 564 g/mol. The van der Waals surface area contributed by atoms with Gasteiger partial charge in [-0.1, -0.05) is 74.2 Å². The minimum Gasteiger partial charge on any atom is -0.492 e. The molecule has 2 heterocycles. The Kier molecular flexibility index (Phi) is 10.3. The smallest absolute Gasteiger partial charge is 0.119 e. The maximum absolute atomic E-state index is 6.29. The van der Waals surface area contributed by atoms with E-state index in [1.807, 2.05) is 0 Å². The SMILES string of the molecule is c1ccc(C2=C(c3ccc(OCCN4CCCCCC4)cc3)c3ccc(OCCN4CCCCCC4)cc3CC2)cc1. The molecule has 0 aromatic heterocycles. The zero-order valence-electron chi connectivity index (χ0n) is 25.4. The van der Waals surface area contributed by atoms with Crippen molar-refractivity contribution in [2.45, 2.75) is 64.2 Å². The summed E-state index contributed by atoms with van der Waals surface area (Å²) in [5, 5.41) is 0. The van der Waals surface area contributed by atoms with Gasteiger partial charge in [-0.3, -0.25) is 9.80 Å². The summed E-state index contributed by atoms with van der Waals surface area (Å²) >= 11 is 0. The van der Waals surface area contributed by atoms with Crippen LogP contribution in [-0.2, 0) is 6.42 Å². The molecule has 1 aliphatic carbocycles. The molecule has 42 heavy (non-hydrogen) atoms. The lowest BCUT2D eigenvalue weighted by atomic mass is 9.79. The molecule has 0 atom stereocenters. The van der Waals surface area contributed by atoms with Crippen LogP contribution >= 0.6 is 0 Å². The van der Waals surface area contributed by atoms with Crippen LogP contribution in [0.3, 0.4) is 0 Å². The molecule has 0 saturated carbocycles. The van der Waals surface area contributed by atoms with Gasteiger partial charge in [-0.2, -0.15) is 0 Å². The van der Waals surface area contributed by atoms with E-state index in [2.05, 4.69) is 82.6 Å². The molecular weight excluding hydrogens is 516 g/mol. The van der Waals surface area contributed by atoms with Gasteiger partial charge in [-0.05, 0) is 122 Å². The average molecular weight is 565 g/mol. The maximum atomic E-state index is 6.29. The molecule has 4 heteroatoms. The number of hydrogen-bond acceptors (Lipinski definition) is 4. The number of ether oxygens (including phenoxy) is 2. The minimum atomic E-state index is 0.751. The van der Waals surface area contributed by atoms with Crippen molar-refractivity contribution in [2.24, 2.45) is 0 Å². The van der Waals surface area contributed by atoms with Crippen LogP contribution in [0, 0.1) is 0 Å². The van der Waals surface area contributed by atoms with E-state index < -0.39 is 0 Å². The van der Waals surface area contributed by atoms with Gasteiger partial charge >= 0.3 is 0 Å². The quantitative estimate of drug-likeness (QED) is 0.248. The van der Waals surface area contributed by atoms with Crippen LogP contribution < -0.4 is 9.47 Å². The molecule has 3 aromatic rings. The molecule has 0 bridgehead atoms. The van der Waals surface area contributed by atoms with E-state index in [-0.39, 0.29) is 0 Å². The van der Waals surface area contributed by atoms with Crippen LogP contribution in [0.5, 0.6) is 11.5 Å². The lowest BCUT2D eigenvalue weighted by Crippen LogP contribution is -2.29. The average Bonchev–Trinajstić information content (AvgIpc) is 3.47. The number of nitrogens with zero attached hydrogens (tertiary/aromatic N) is 2. The zero-order chi connectivity index (χ0) is 28.4. The van der Waals surface area contributed by atoms with Crippen molar-refractivity contribution in [1.29, 1.82) is 0 Å². The Morgan fingerprint density at radius 1 is 0.524 bits per heavy atom. The molecule has 4 nitrogen and oxygen atoms in total. The number of benzene rings is 3. The molecule has 2 fully saturated rings. The molecular formula is C38H48N2O2. The summed E-state index contributed by atoms with van der Waals surface area (Å²) in [6.07, 6.45) is 12.8. The van der Waals surface area contributed by atoms with Gasteiger partial charge in [0.15, 0.2) is 0 Å². The highest BCUT2D eigenvalue weighted by Crippen LogP contribution is 2.42. The summed E-state index contributed by atoms with van der Waals surface area (Å²) in [5.41, 5.74) is 8.05. The van der Waals surface area contributed by atoms with Crippen LogP contribution in [0.1, 0.15) is 80.0 Å². The summed E-state index contributed by atoms with van der Waals surface area (Å²) in [4.78, 5) is 5.13. The first-order valence-corrected chi connectivity index (χ1v) is 16.6. The molecule has 2 saturated heterocycles. The molecule has 0 unspecified atom stereocenters. The highest BCUT2D eigenvalue weighted by atomic mass is 16.5. The van der Waals surface area contributed by atoms with E-state index in [0.717, 1.165) is 50.6 Å². The number of allylic oxidation sites excluding steroid dienone is 1. The normalized spacial score (nSPS) is 18.7. The van der Waals surface area contributed by atoms with Crippen molar-refractivity contribution in [3.8, 4) is 11.5 Å². The second-order valence-corrected chi connectivity index (χ2v) is 12.3. The fourth-order valence-electron chi connectivity index (χ4n) is 6.94. The van der Waals surface area contributed by atoms with Crippen LogP contribution in [0.15, 0.2) is 72.8 Å². The van der Waals surface area contributed by atoms with E-state index in [0.29, 0.717) is 0 Å². The first kappa shape index (κ1) is 29.0. The lowest BCUT2D eigenvalue weighted by Gasteiger charge is -2.26. The number of rotatable bonds is 10. The van der Waals surface area contributed by atoms with Gasteiger partial charge in [-0.25, -0.2) is 0 Å². The molecule has 6 rings (SSSR count). The van der Waals surface area contributed by atoms with Gasteiger partial charge in [0.2, 0.25) is 0 Å². The van der Waals surface area contributed by atoms with E-state index in [4.69, 9.17) is 9.47 Å². The van der Waals surface area contributed by atoms with E-state index in [1.54, 1.807) is 0 Å². The highest BCUT2D eigenvalue weighted by Gasteiger charge is 2.22. The zero-order valence-corrected chi connectivity index (χ0v) is 25.4. The summed E-state index contributed by atoms with van der Waals surface area (Å²) in [5.74, 6) is 1.96. The highest BCUT2D eigenvalue weighted by molar-refractivity contribution is 6.00. The third-order valence-electron chi connectivity index (χ3n) is 9.31. The van der Waals surface area contributed by atoms with E-state index in [1.165, 1.54) is 111 Å². The van der Waals surface area contributed by atoms with Gasteiger partial charge in [0.1, 0.15) is 24.7 Å². The predicted octanol–water partition coefficient (Wildman–Crippen LogP) is 8.10. The number of hydrogen-bond donors (Lipinski definition) is 0. The molecule has 222 valence electrons. The van der Waals surface area contributed by atoms with Gasteiger partial charge < -0.3 is 9.47 Å². The first-order chi connectivity index (χ1) is 20.8. The molecule has 3 aromatic carbocycles. The number of aryl methyl sites for hydroxylation is 1. The van der Waals surface area contributed by atoms with Crippen LogP contribution in [0.4, 0.5) is 0 Å². The van der Waals surface area contributed by atoms with Gasteiger partial charge in [-0.15, -0.1) is 0 Å². The van der Waals surface area contributed by atoms with Gasteiger partial charge in [0.25, 0.3) is 0 Å². The van der Waals surface area contributed by atoms with Crippen molar-refractivity contribution in [3.63, 3.8) is 0 Å². The van der Waals surface area contributed by atoms with Crippen molar-refractivity contribution in [1.82, 2.24) is 9.80 Å². The van der Waals surface area contributed by atoms with Crippen molar-refractivity contribution >= 4 is 11.1 Å². The van der Waals surface area contributed by atoms with Crippen molar-refractivity contribution in [3.05, 3.63) is 95.1 Å². The van der Waals surface area contributed by atoms with Crippen LogP contribution in [0.2, 0.25) is 0 Å². The largest absolute Gasteiger partial charge is 0.492 e. The topological polar surface area (TPSA) is 24.9 Å². The Labute approximate surface area is 253 Å². The molecule has 0 radical (unpaired) electrons. The Balaban J connectivity index is 1.17. The van der Waals surface area contributed by atoms with Crippen molar-refractivity contribution in [2.75, 3.05) is 52.5 Å². The molecule has 3 aliphatic rings. The molecule has 0 spiro atoms. The Bertz CT molecular complexity index is 1280. The Hall–Kier alpha value is -3.08. The van der Waals surface area contributed by atoms with Crippen LogP contribution in [0.25, 0.3) is 11.1 Å². The second kappa shape index (κ2) is 14.9. The second-order valence-electron chi connectivity index (χ2n) is 12.3. The fourth-order valence-corrected chi connectivity index (χ4v) is 6.94. The number of fused-ring (bicyclic) bond motifs is 1. The van der Waals surface area contributed by atoms with E-state index >= 15 is 0 Å². The first-order valence-electron chi connectivity index (χ1n) is 16.6. The maximum Gasteiger partial charge on any atom is 0.119 e. The standard InChI is InChI=1S/C38H48N2O2/c1-2-9-23-39(22-8-1)26-28-41-34-17-14-32(15-18-34)38-36(31-12-6-5-7-13-31)20-16-33-30-35(19-21-37(33)38)42-29-27-40-24-10-3-4-11-25-40/h5-7,12-15,17-19,21,30H,1-4,8-11,16,20,22-29H2. The van der Waals surface area contributed by atoms with Gasteiger partial charge in [0, 0.05) is 13.1 Å². The lowest BCUT2D eigenvalue weighted by molar-refractivity contribution is 0.214. The van der Waals surface area contributed by atoms with Crippen molar-refractivity contribution < 1.29 is 9.47 Å². The molecule has 0 amide bonds. The summed E-state index contributed by atoms with van der Waals surface area (Å²) in [6, 6.07) is 26.5. The predicted molar refractivity (Wildman–Crippen MR) is 174 cm³/mol. The van der Waals surface area contributed by atoms with Crippen LogP contribution in [-0.4, -0.2) is 62.3 Å². The molecule has 0 N–H and O–H groups in total. The summed E-state index contributed by atoms with van der Waals surface area (Å²) in [6.45, 7) is 8.40. The minimum absolute atomic E-state index is 0.751. The fraction of sp³-hybridized carbons (Fsp3) is 0.474. The van der Waals surface area contributed by atoms with E-state index in [9.17, 15) is 0 Å².